The van der Waals surface area contributed by atoms with Crippen LogP contribution in [0.4, 0.5) is 4.79 Å². The molecule has 4 atom stereocenters. The molecule has 0 radical (unpaired) electrons. The van der Waals surface area contributed by atoms with E-state index in [0.717, 1.165) is 0 Å². The summed E-state index contributed by atoms with van der Waals surface area (Å²) >= 11 is 0. The second kappa shape index (κ2) is 1.58. The van der Waals surface area contributed by atoms with Crippen molar-refractivity contribution in [3.63, 3.8) is 0 Å². The van der Waals surface area contributed by atoms with Gasteiger partial charge in [0.1, 0.15) is 12.2 Å². The number of carbonyl (C=O) groups is 1. The molecule has 11 heavy (non-hydrogen) atoms. The minimum Gasteiger partial charge on any atom is -0.424 e. The smallest absolute Gasteiger partial charge is 0.424 e. The van der Waals surface area contributed by atoms with Crippen LogP contribution in [0.15, 0.2) is 12.2 Å². The van der Waals surface area contributed by atoms with Crippen molar-refractivity contribution in [1.29, 1.82) is 0 Å². The van der Waals surface area contributed by atoms with Gasteiger partial charge in [-0.1, -0.05) is 6.08 Å². The first-order valence-corrected chi connectivity index (χ1v) is 3.56. The quantitative estimate of drug-likeness (QED) is 0.284. The average Bonchev–Trinajstić information content (AvgIpc) is 2.67. The second-order valence-electron chi connectivity index (χ2n) is 2.87. The Kier molecular flexibility index (Phi) is 0.806. The van der Waals surface area contributed by atoms with Gasteiger partial charge in [-0.25, -0.2) is 4.79 Å². The van der Waals surface area contributed by atoms with Gasteiger partial charge in [0.25, 0.3) is 0 Å². The highest BCUT2D eigenvalue weighted by molar-refractivity contribution is 5.63. The lowest BCUT2D eigenvalue weighted by molar-refractivity contribution is 0.109. The SMILES string of the molecule is O=C1O[C@@H]2[C@@H]3O[C@@H]3C=C[C@@H]2O1. The van der Waals surface area contributed by atoms with Gasteiger partial charge in [-0.3, -0.25) is 0 Å². The second-order valence-corrected chi connectivity index (χ2v) is 2.87. The molecule has 2 fully saturated rings. The topological polar surface area (TPSA) is 48.1 Å². The van der Waals surface area contributed by atoms with E-state index >= 15 is 0 Å². The molecule has 0 N–H and O–H groups in total. The zero-order valence-corrected chi connectivity index (χ0v) is 5.60. The van der Waals surface area contributed by atoms with Crippen LogP contribution in [0.2, 0.25) is 0 Å². The molecule has 0 aromatic rings. The summed E-state index contributed by atoms with van der Waals surface area (Å²) in [5, 5.41) is 0. The van der Waals surface area contributed by atoms with Gasteiger partial charge in [0, 0.05) is 0 Å². The first-order chi connectivity index (χ1) is 5.34. The molecule has 3 aliphatic rings. The zero-order valence-electron chi connectivity index (χ0n) is 5.60. The molecule has 0 unspecified atom stereocenters. The molecule has 0 aromatic carbocycles. The molecular weight excluding hydrogens is 148 g/mol. The molecule has 2 heterocycles. The number of rotatable bonds is 0. The van der Waals surface area contributed by atoms with Gasteiger partial charge in [0.15, 0.2) is 12.2 Å². The van der Waals surface area contributed by atoms with Crippen molar-refractivity contribution in [2.45, 2.75) is 24.4 Å². The van der Waals surface area contributed by atoms with Gasteiger partial charge in [-0.2, -0.15) is 0 Å². The lowest BCUT2D eigenvalue weighted by Crippen LogP contribution is -2.30. The lowest BCUT2D eigenvalue weighted by atomic mass is 10.0. The third kappa shape index (κ3) is 0.646. The predicted octanol–water partition coefficient (Wildman–Crippen LogP) is 0.228. The first-order valence-electron chi connectivity index (χ1n) is 3.56. The average molecular weight is 154 g/mol. The normalized spacial score (nSPS) is 50.7. The van der Waals surface area contributed by atoms with E-state index < -0.39 is 6.16 Å². The predicted molar refractivity (Wildman–Crippen MR) is 32.9 cm³/mol. The van der Waals surface area contributed by atoms with Crippen molar-refractivity contribution in [2.24, 2.45) is 0 Å². The third-order valence-electron chi connectivity index (χ3n) is 2.16. The fraction of sp³-hybridized carbons (Fsp3) is 0.571. The Balaban J connectivity index is 1.93. The first kappa shape index (κ1) is 5.60. The van der Waals surface area contributed by atoms with Crippen LogP contribution in [0.25, 0.3) is 0 Å². The maximum atomic E-state index is 10.6. The fourth-order valence-electron chi connectivity index (χ4n) is 1.56. The third-order valence-corrected chi connectivity index (χ3v) is 2.16. The van der Waals surface area contributed by atoms with Crippen LogP contribution in [-0.2, 0) is 14.2 Å². The standard InChI is InChI=1S/C7H6O4/c8-7-10-4-2-1-3-5(9-3)6(4)11-7/h1-6H/t3-,4+,5-,6+/m1/s1. The monoisotopic (exact) mass is 154 g/mol. The van der Waals surface area contributed by atoms with Crippen molar-refractivity contribution in [3.05, 3.63) is 12.2 Å². The van der Waals surface area contributed by atoms with Gasteiger partial charge in [-0.15, -0.1) is 0 Å². The van der Waals surface area contributed by atoms with Gasteiger partial charge in [0.2, 0.25) is 0 Å². The Hall–Kier alpha value is -1.03. The Morgan fingerprint density at radius 1 is 1.09 bits per heavy atom. The van der Waals surface area contributed by atoms with Crippen LogP contribution in [0.5, 0.6) is 0 Å². The summed E-state index contributed by atoms with van der Waals surface area (Å²) in [5.74, 6) is 0. The van der Waals surface area contributed by atoms with Crippen LogP contribution in [0, 0.1) is 0 Å². The molecule has 0 saturated carbocycles. The minimum absolute atomic E-state index is 0.0523. The molecule has 0 amide bonds. The van der Waals surface area contributed by atoms with Gasteiger partial charge in [-0.05, 0) is 6.08 Å². The van der Waals surface area contributed by atoms with Crippen LogP contribution in [-0.4, -0.2) is 30.6 Å². The molecule has 0 bridgehead atoms. The molecular formula is C7H6O4. The van der Waals surface area contributed by atoms with Crippen LogP contribution in [0.3, 0.4) is 0 Å². The summed E-state index contributed by atoms with van der Waals surface area (Å²) in [6.07, 6.45) is 2.95. The molecule has 0 spiro atoms. The highest BCUT2D eigenvalue weighted by Crippen LogP contribution is 2.38. The van der Waals surface area contributed by atoms with Crippen molar-refractivity contribution in [1.82, 2.24) is 0 Å². The van der Waals surface area contributed by atoms with Crippen molar-refractivity contribution in [3.8, 4) is 0 Å². The fourth-order valence-corrected chi connectivity index (χ4v) is 1.56. The maximum absolute atomic E-state index is 10.6. The Morgan fingerprint density at radius 3 is 2.82 bits per heavy atom. The van der Waals surface area contributed by atoms with E-state index in [1.54, 1.807) is 0 Å². The Bertz CT molecular complexity index is 247. The van der Waals surface area contributed by atoms with Crippen molar-refractivity contribution in [2.75, 3.05) is 0 Å². The number of fused-ring (bicyclic) bond motifs is 3. The largest absolute Gasteiger partial charge is 0.509 e. The van der Waals surface area contributed by atoms with E-state index in [-0.39, 0.29) is 24.4 Å². The van der Waals surface area contributed by atoms with Gasteiger partial charge >= 0.3 is 6.16 Å². The van der Waals surface area contributed by atoms with E-state index in [0.29, 0.717) is 0 Å². The molecule has 58 valence electrons. The van der Waals surface area contributed by atoms with E-state index in [9.17, 15) is 4.79 Å². The highest BCUT2D eigenvalue weighted by atomic mass is 16.8. The van der Waals surface area contributed by atoms with Crippen molar-refractivity contribution >= 4 is 6.16 Å². The van der Waals surface area contributed by atoms with E-state index in [4.69, 9.17) is 14.2 Å². The molecule has 4 heteroatoms. The number of epoxide rings is 1. The number of hydrogen-bond donors (Lipinski definition) is 0. The Morgan fingerprint density at radius 2 is 1.91 bits per heavy atom. The summed E-state index contributed by atoms with van der Waals surface area (Å²) in [4.78, 5) is 10.6. The Labute approximate surface area is 62.7 Å². The highest BCUT2D eigenvalue weighted by Gasteiger charge is 2.55. The van der Waals surface area contributed by atoms with Crippen molar-refractivity contribution < 1.29 is 19.0 Å². The van der Waals surface area contributed by atoms with Crippen LogP contribution in [0.1, 0.15) is 0 Å². The molecule has 2 aliphatic heterocycles. The molecule has 1 aliphatic carbocycles. The minimum atomic E-state index is -0.583. The summed E-state index contributed by atoms with van der Waals surface area (Å²) in [6, 6.07) is 0. The molecule has 0 aromatic heterocycles. The molecule has 2 saturated heterocycles. The summed E-state index contributed by atoms with van der Waals surface area (Å²) < 4.78 is 14.9. The van der Waals surface area contributed by atoms with Crippen LogP contribution < -0.4 is 0 Å². The molecule has 4 nitrogen and oxygen atoms in total. The summed E-state index contributed by atoms with van der Waals surface area (Å²) in [7, 11) is 0. The maximum Gasteiger partial charge on any atom is 0.509 e. The van der Waals surface area contributed by atoms with Gasteiger partial charge in [0.05, 0.1) is 0 Å². The molecule has 3 rings (SSSR count). The van der Waals surface area contributed by atoms with Gasteiger partial charge < -0.3 is 14.2 Å². The lowest BCUT2D eigenvalue weighted by Gasteiger charge is -2.10. The number of ether oxygens (including phenoxy) is 3. The van der Waals surface area contributed by atoms with E-state index in [1.807, 2.05) is 12.2 Å². The number of carbonyl (C=O) groups excluding carboxylic acids is 1. The summed E-state index contributed by atoms with van der Waals surface area (Å²) in [5.41, 5.74) is 0. The van der Waals surface area contributed by atoms with E-state index in [2.05, 4.69) is 0 Å². The zero-order chi connectivity index (χ0) is 7.42. The number of hydrogen-bond acceptors (Lipinski definition) is 4. The van der Waals surface area contributed by atoms with E-state index in [1.165, 1.54) is 0 Å². The van der Waals surface area contributed by atoms with Crippen LogP contribution >= 0.6 is 0 Å². The summed E-state index contributed by atoms with van der Waals surface area (Å²) in [6.45, 7) is 0.